The van der Waals surface area contributed by atoms with Gasteiger partial charge >= 0.3 is 0 Å². The zero-order valence-electron chi connectivity index (χ0n) is 26.3. The number of phenolic OH excluding ortho intramolecular Hbond substituents is 2. The molecule has 2 N–H and O–H groups in total. The van der Waals surface area contributed by atoms with Crippen molar-refractivity contribution in [1.29, 1.82) is 0 Å². The van der Waals surface area contributed by atoms with E-state index in [-0.39, 0.29) is 42.1 Å². The molecule has 0 unspecified atom stereocenters. The van der Waals surface area contributed by atoms with Crippen LogP contribution < -0.4 is 23.7 Å². The van der Waals surface area contributed by atoms with Gasteiger partial charge in [0.2, 0.25) is 5.75 Å². The number of benzene rings is 3. The molecule has 3 heterocycles. The number of aromatic hydroxyl groups is 2. The van der Waals surface area contributed by atoms with Crippen LogP contribution in [0.25, 0.3) is 0 Å². The first-order valence-electron chi connectivity index (χ1n) is 14.9. The molecule has 11 heteroatoms. The van der Waals surface area contributed by atoms with Crippen LogP contribution in [-0.2, 0) is 18.9 Å². The van der Waals surface area contributed by atoms with Gasteiger partial charge in [-0.15, -0.1) is 0 Å². The summed E-state index contributed by atoms with van der Waals surface area (Å²) in [6.07, 6.45) is -1.58. The quantitative estimate of drug-likeness (QED) is 0.315. The molecule has 0 aromatic heterocycles. The van der Waals surface area contributed by atoms with Crippen LogP contribution in [0.15, 0.2) is 48.5 Å². The van der Waals surface area contributed by atoms with E-state index in [4.69, 9.17) is 42.6 Å². The van der Waals surface area contributed by atoms with Crippen LogP contribution in [-0.4, -0.2) is 70.4 Å². The molecule has 3 aromatic carbocycles. The third-order valence-corrected chi connectivity index (χ3v) is 8.75. The minimum atomic E-state index is -0.865. The molecule has 11 nitrogen and oxygen atoms in total. The van der Waals surface area contributed by atoms with Crippen molar-refractivity contribution >= 4 is 0 Å². The average Bonchev–Trinajstić information content (AvgIpc) is 3.65. The molecule has 6 rings (SSSR count). The molecular formula is C34H40O11. The number of phenols is 2. The Labute approximate surface area is 262 Å². The first-order chi connectivity index (χ1) is 21.7. The fourth-order valence-corrected chi connectivity index (χ4v) is 6.47. The van der Waals surface area contributed by atoms with Crippen LogP contribution >= 0.6 is 0 Å². The molecule has 0 spiro atoms. The summed E-state index contributed by atoms with van der Waals surface area (Å²) in [4.78, 5) is 0. The third kappa shape index (κ3) is 5.93. The van der Waals surface area contributed by atoms with Crippen molar-refractivity contribution in [2.24, 2.45) is 11.8 Å². The lowest BCUT2D eigenvalue weighted by Gasteiger charge is -2.41. The van der Waals surface area contributed by atoms with Crippen molar-refractivity contribution in [1.82, 2.24) is 0 Å². The maximum Gasteiger partial charge on any atom is 0.204 e. The van der Waals surface area contributed by atoms with Gasteiger partial charge in [-0.25, -0.2) is 0 Å². The summed E-state index contributed by atoms with van der Waals surface area (Å²) >= 11 is 0. The number of methoxy groups -OCH3 is 4. The van der Waals surface area contributed by atoms with Gasteiger partial charge in [-0.3, -0.25) is 0 Å². The van der Waals surface area contributed by atoms with E-state index in [1.165, 1.54) is 14.2 Å². The van der Waals surface area contributed by atoms with Gasteiger partial charge in [-0.05, 0) is 66.9 Å². The number of rotatable bonds is 9. The molecule has 0 aliphatic carbocycles. The summed E-state index contributed by atoms with van der Waals surface area (Å²) in [6.45, 7) is 4.93. The van der Waals surface area contributed by atoms with Crippen LogP contribution in [0.5, 0.6) is 40.2 Å². The average molecular weight is 625 g/mol. The fourth-order valence-electron chi connectivity index (χ4n) is 6.47. The van der Waals surface area contributed by atoms with Crippen LogP contribution in [0.1, 0.15) is 48.8 Å². The molecule has 3 aromatic rings. The number of hydrogen-bond acceptors (Lipinski definition) is 11. The summed E-state index contributed by atoms with van der Waals surface area (Å²) in [7, 11) is 6.18. The van der Waals surface area contributed by atoms with E-state index in [1.54, 1.807) is 38.5 Å². The number of ether oxygens (including phenoxy) is 9. The van der Waals surface area contributed by atoms with Gasteiger partial charge in [0.15, 0.2) is 46.4 Å². The molecule has 0 amide bonds. The Morgan fingerprint density at radius 2 is 1.09 bits per heavy atom. The molecule has 0 saturated carbocycles. The Morgan fingerprint density at radius 1 is 0.622 bits per heavy atom. The van der Waals surface area contributed by atoms with Gasteiger partial charge in [0.25, 0.3) is 0 Å². The molecule has 6 atom stereocenters. The molecule has 45 heavy (non-hydrogen) atoms. The predicted octanol–water partition coefficient (Wildman–Crippen LogP) is 5.48. The van der Waals surface area contributed by atoms with Crippen molar-refractivity contribution in [3.63, 3.8) is 0 Å². The minimum Gasteiger partial charge on any atom is -0.504 e. The normalized spacial score (nSPS) is 27.1. The Morgan fingerprint density at radius 3 is 1.60 bits per heavy atom. The van der Waals surface area contributed by atoms with E-state index in [1.807, 2.05) is 38.1 Å². The SMILES string of the molecule is COc1cc([C@H]2OC(C)(C)OC[C@@H]2Oc2c(OC)cc([C@@H]3OC[C@@H]4[C@H]3CO[C@H]4c3ccc(O)c(OC)c3)cc2OC)ccc1O. The maximum absolute atomic E-state index is 10.2. The van der Waals surface area contributed by atoms with E-state index >= 15 is 0 Å². The first-order valence-corrected chi connectivity index (χ1v) is 14.9. The van der Waals surface area contributed by atoms with Crippen molar-refractivity contribution in [2.75, 3.05) is 48.3 Å². The third-order valence-electron chi connectivity index (χ3n) is 8.75. The van der Waals surface area contributed by atoms with Gasteiger partial charge in [0.1, 0.15) is 6.10 Å². The lowest BCUT2D eigenvalue weighted by atomic mass is 9.84. The second-order valence-corrected chi connectivity index (χ2v) is 11.9. The largest absolute Gasteiger partial charge is 0.504 e. The lowest BCUT2D eigenvalue weighted by Crippen LogP contribution is -2.46. The smallest absolute Gasteiger partial charge is 0.204 e. The highest BCUT2D eigenvalue weighted by Crippen LogP contribution is 2.53. The molecule has 3 aliphatic heterocycles. The zero-order valence-corrected chi connectivity index (χ0v) is 26.3. The molecule has 3 fully saturated rings. The Hall–Kier alpha value is -3.90. The van der Waals surface area contributed by atoms with E-state index in [9.17, 15) is 10.2 Å². The Bertz CT molecular complexity index is 1500. The summed E-state index contributed by atoms with van der Waals surface area (Å²) in [5.74, 6) is 1.54. The van der Waals surface area contributed by atoms with E-state index in [0.29, 0.717) is 42.0 Å². The summed E-state index contributed by atoms with van der Waals surface area (Å²) in [6, 6.07) is 14.2. The summed E-state index contributed by atoms with van der Waals surface area (Å²) in [5, 5.41) is 20.2. The molecule has 242 valence electrons. The Balaban J connectivity index is 1.27. The summed E-state index contributed by atoms with van der Waals surface area (Å²) in [5.41, 5.74) is 2.57. The van der Waals surface area contributed by atoms with Crippen molar-refractivity contribution in [3.8, 4) is 40.2 Å². The van der Waals surface area contributed by atoms with Gasteiger partial charge in [-0.1, -0.05) is 12.1 Å². The number of fused-ring (bicyclic) bond motifs is 1. The van der Waals surface area contributed by atoms with Gasteiger partial charge in [-0.2, -0.15) is 0 Å². The second-order valence-electron chi connectivity index (χ2n) is 11.9. The highest BCUT2D eigenvalue weighted by molar-refractivity contribution is 5.55. The second kappa shape index (κ2) is 12.5. The molecule has 0 radical (unpaired) electrons. The molecule has 3 saturated heterocycles. The molecule has 0 bridgehead atoms. The fraction of sp³-hybridized carbons (Fsp3) is 0.471. The van der Waals surface area contributed by atoms with Gasteiger partial charge in [0.05, 0.1) is 60.5 Å². The van der Waals surface area contributed by atoms with Crippen LogP contribution in [0, 0.1) is 11.8 Å². The topological polar surface area (TPSA) is 124 Å². The van der Waals surface area contributed by atoms with E-state index in [2.05, 4.69) is 0 Å². The van der Waals surface area contributed by atoms with Gasteiger partial charge in [0, 0.05) is 11.8 Å². The van der Waals surface area contributed by atoms with Gasteiger partial charge < -0.3 is 52.8 Å². The van der Waals surface area contributed by atoms with Crippen LogP contribution in [0.3, 0.4) is 0 Å². The predicted molar refractivity (Wildman–Crippen MR) is 162 cm³/mol. The standard InChI is InChI=1S/C34H40O11/c1-34(2)43-17-29(32(45-34)19-8-10-24(36)26(12-19)38-4)44-33-27(39-5)13-20(14-28(33)40-6)31-22-16-41-30(21(22)15-42-31)18-7-9-23(35)25(11-18)37-3/h7-14,21-22,29-32,35-36H,15-17H2,1-6H3/t21-,22-,29+,30+,31+,32-/m1/s1. The zero-order chi connectivity index (χ0) is 31.9. The van der Waals surface area contributed by atoms with Crippen LogP contribution in [0.2, 0.25) is 0 Å². The van der Waals surface area contributed by atoms with Crippen LogP contribution in [0.4, 0.5) is 0 Å². The van der Waals surface area contributed by atoms with Crippen molar-refractivity contribution < 1.29 is 52.8 Å². The first kappa shape index (κ1) is 31.1. The van der Waals surface area contributed by atoms with Crippen molar-refractivity contribution in [2.45, 2.75) is 44.1 Å². The van der Waals surface area contributed by atoms with E-state index in [0.717, 1.165) is 16.7 Å². The molecule has 3 aliphatic rings. The lowest BCUT2D eigenvalue weighted by molar-refractivity contribution is -0.302. The highest BCUT2D eigenvalue weighted by atomic mass is 16.7. The highest BCUT2D eigenvalue weighted by Gasteiger charge is 2.49. The maximum atomic E-state index is 10.2. The Kier molecular flexibility index (Phi) is 8.62. The minimum absolute atomic E-state index is 0.0297. The van der Waals surface area contributed by atoms with Crippen molar-refractivity contribution in [3.05, 3.63) is 65.2 Å². The number of hydrogen-bond donors (Lipinski definition) is 2. The molecular weight excluding hydrogens is 584 g/mol. The summed E-state index contributed by atoms with van der Waals surface area (Å²) < 4.78 is 53.9. The van der Waals surface area contributed by atoms with E-state index < -0.39 is 18.0 Å². The monoisotopic (exact) mass is 624 g/mol.